The first kappa shape index (κ1) is 19.7. The van der Waals surface area contributed by atoms with Crippen molar-refractivity contribution in [2.75, 3.05) is 7.11 Å². The van der Waals surface area contributed by atoms with Crippen LogP contribution in [0.1, 0.15) is 27.6 Å². The smallest absolute Gasteiger partial charge is 0.351 e. The summed E-state index contributed by atoms with van der Waals surface area (Å²) in [4.78, 5) is 47.2. The predicted octanol–water partition coefficient (Wildman–Crippen LogP) is 3.14. The normalized spacial score (nSPS) is 11.7. The Morgan fingerprint density at radius 2 is 1.79 bits per heavy atom. The Labute approximate surface area is 163 Å². The van der Waals surface area contributed by atoms with E-state index in [0.29, 0.717) is 11.3 Å². The largest absolute Gasteiger partial charge is 0.497 e. The van der Waals surface area contributed by atoms with Gasteiger partial charge in [0.05, 0.1) is 12.0 Å². The predicted molar refractivity (Wildman–Crippen MR) is 101 cm³/mol. The minimum Gasteiger partial charge on any atom is -0.497 e. The Balaban J connectivity index is 1.84. The van der Waals surface area contributed by atoms with Crippen LogP contribution in [0, 0.1) is 10.1 Å². The molecule has 0 N–H and O–H groups in total. The van der Waals surface area contributed by atoms with E-state index in [0.717, 1.165) is 6.07 Å². The molecule has 9 nitrogen and oxygen atoms in total. The lowest BCUT2D eigenvalue weighted by Crippen LogP contribution is -2.27. The number of carbonyl (C=O) groups excluding carboxylic acids is 2. The molecule has 9 heteroatoms. The summed E-state index contributed by atoms with van der Waals surface area (Å²) in [7, 11) is 1.49. The molecule has 148 valence electrons. The number of rotatable bonds is 6. The van der Waals surface area contributed by atoms with Crippen LogP contribution in [0.3, 0.4) is 0 Å². The number of methoxy groups -OCH3 is 1. The van der Waals surface area contributed by atoms with Gasteiger partial charge in [-0.1, -0.05) is 0 Å². The lowest BCUT2D eigenvalue weighted by molar-refractivity contribution is -0.384. The maximum atomic E-state index is 12.4. The fourth-order valence-corrected chi connectivity index (χ4v) is 2.63. The molecule has 1 heterocycles. The van der Waals surface area contributed by atoms with Crippen LogP contribution in [0.2, 0.25) is 0 Å². The van der Waals surface area contributed by atoms with Gasteiger partial charge in [-0.05, 0) is 43.3 Å². The second kappa shape index (κ2) is 7.93. The van der Waals surface area contributed by atoms with E-state index in [1.807, 2.05) is 0 Å². The van der Waals surface area contributed by atoms with E-state index in [1.165, 1.54) is 44.4 Å². The first-order valence-electron chi connectivity index (χ1n) is 8.41. The van der Waals surface area contributed by atoms with Gasteiger partial charge in [0.15, 0.2) is 6.10 Å². The highest BCUT2D eigenvalue weighted by molar-refractivity contribution is 6.01. The molecule has 0 aliphatic rings. The zero-order valence-electron chi connectivity index (χ0n) is 15.4. The number of ketones is 1. The number of Topliss-reactive ketones (excluding diaryl/α,β-unsaturated/α-hetero) is 1. The van der Waals surface area contributed by atoms with Crippen LogP contribution in [-0.2, 0) is 4.74 Å². The molecule has 0 fully saturated rings. The minimum absolute atomic E-state index is 0.0829. The molecule has 3 aromatic rings. The molecule has 1 atom stereocenters. The number of hydrogen-bond donors (Lipinski definition) is 0. The number of ether oxygens (including phenoxy) is 2. The second-order valence-electron chi connectivity index (χ2n) is 6.07. The van der Waals surface area contributed by atoms with E-state index in [1.54, 1.807) is 12.1 Å². The quantitative estimate of drug-likeness (QED) is 0.204. The lowest BCUT2D eigenvalue weighted by atomic mass is 10.1. The summed E-state index contributed by atoms with van der Waals surface area (Å²) in [5.41, 5.74) is -1.28. The molecule has 1 unspecified atom stereocenters. The molecule has 0 spiro atoms. The third-order valence-corrected chi connectivity index (χ3v) is 4.17. The lowest BCUT2D eigenvalue weighted by Gasteiger charge is -2.12. The molecule has 2 aromatic carbocycles. The van der Waals surface area contributed by atoms with Crippen molar-refractivity contribution in [2.45, 2.75) is 13.0 Å². The van der Waals surface area contributed by atoms with Crippen LogP contribution in [0.15, 0.2) is 57.7 Å². The van der Waals surface area contributed by atoms with E-state index >= 15 is 0 Å². The van der Waals surface area contributed by atoms with E-state index in [9.17, 15) is 24.5 Å². The summed E-state index contributed by atoms with van der Waals surface area (Å²) < 4.78 is 15.1. The zero-order chi connectivity index (χ0) is 21.1. The highest BCUT2D eigenvalue weighted by Crippen LogP contribution is 2.21. The molecule has 0 radical (unpaired) electrons. The van der Waals surface area contributed by atoms with E-state index < -0.39 is 34.0 Å². The number of nitrogens with zero attached hydrogens (tertiary/aromatic N) is 1. The molecule has 1 aromatic heterocycles. The number of carbonyl (C=O) groups is 2. The number of benzene rings is 2. The van der Waals surface area contributed by atoms with Crippen molar-refractivity contribution >= 4 is 28.4 Å². The van der Waals surface area contributed by atoms with E-state index in [4.69, 9.17) is 13.9 Å². The molecule has 0 saturated carbocycles. The molecule has 0 saturated heterocycles. The Kier molecular flexibility index (Phi) is 5.40. The number of nitro groups is 1. The van der Waals surface area contributed by atoms with Gasteiger partial charge in [-0.3, -0.25) is 14.9 Å². The van der Waals surface area contributed by atoms with Crippen molar-refractivity contribution in [3.8, 4) is 5.75 Å². The summed E-state index contributed by atoms with van der Waals surface area (Å²) in [6, 6.07) is 11.0. The van der Waals surface area contributed by atoms with Crippen LogP contribution in [0.5, 0.6) is 5.75 Å². The van der Waals surface area contributed by atoms with Gasteiger partial charge < -0.3 is 13.9 Å². The monoisotopic (exact) mass is 397 g/mol. The Hall–Kier alpha value is -4.01. The van der Waals surface area contributed by atoms with Crippen LogP contribution in [0.4, 0.5) is 5.69 Å². The number of non-ortho nitro benzene ring substituents is 1. The van der Waals surface area contributed by atoms with Crippen LogP contribution < -0.4 is 10.4 Å². The molecule has 3 rings (SSSR count). The van der Waals surface area contributed by atoms with Gasteiger partial charge in [0.2, 0.25) is 5.78 Å². The first-order chi connectivity index (χ1) is 13.8. The Morgan fingerprint density at radius 1 is 1.10 bits per heavy atom. The fourth-order valence-electron chi connectivity index (χ4n) is 2.63. The molecular weight excluding hydrogens is 382 g/mol. The van der Waals surface area contributed by atoms with E-state index in [-0.39, 0.29) is 16.7 Å². The minimum atomic E-state index is -1.17. The highest BCUT2D eigenvalue weighted by atomic mass is 16.6. The summed E-state index contributed by atoms with van der Waals surface area (Å²) in [5, 5.41) is 11.1. The van der Waals surface area contributed by atoms with Crippen LogP contribution in [-0.4, -0.2) is 29.9 Å². The van der Waals surface area contributed by atoms with Gasteiger partial charge in [-0.25, -0.2) is 9.59 Å². The standard InChI is InChI=1S/C20H15NO8/c1-11(18(22)12-3-6-15(27-2)7-4-12)28-19(23)16-10-13-9-14(21(25)26)5-8-17(13)29-20(16)24/h3-11H,1-2H3. The summed E-state index contributed by atoms with van der Waals surface area (Å²) in [6.45, 7) is 1.37. The van der Waals surface area contributed by atoms with Gasteiger partial charge >= 0.3 is 11.6 Å². The third-order valence-electron chi connectivity index (χ3n) is 4.17. The van der Waals surface area contributed by atoms with Crippen LogP contribution in [0.25, 0.3) is 11.0 Å². The van der Waals surface area contributed by atoms with Crippen molar-refractivity contribution in [1.82, 2.24) is 0 Å². The highest BCUT2D eigenvalue weighted by Gasteiger charge is 2.23. The number of esters is 1. The first-order valence-corrected chi connectivity index (χ1v) is 8.41. The van der Waals surface area contributed by atoms with Gasteiger partial charge in [0, 0.05) is 23.1 Å². The molecule has 29 heavy (non-hydrogen) atoms. The molecule has 0 bridgehead atoms. The summed E-state index contributed by atoms with van der Waals surface area (Å²) >= 11 is 0. The fraction of sp³-hybridized carbons (Fsp3) is 0.150. The van der Waals surface area contributed by atoms with Gasteiger partial charge in [0.1, 0.15) is 16.9 Å². The summed E-state index contributed by atoms with van der Waals surface area (Å²) in [5.74, 6) is -0.975. The van der Waals surface area contributed by atoms with Crippen molar-refractivity contribution in [2.24, 2.45) is 0 Å². The molecule has 0 aliphatic heterocycles. The van der Waals surface area contributed by atoms with Gasteiger partial charge in [-0.15, -0.1) is 0 Å². The van der Waals surface area contributed by atoms with Gasteiger partial charge in [0.25, 0.3) is 5.69 Å². The topological polar surface area (TPSA) is 126 Å². The van der Waals surface area contributed by atoms with E-state index in [2.05, 4.69) is 0 Å². The average molecular weight is 397 g/mol. The van der Waals surface area contributed by atoms with Gasteiger partial charge in [-0.2, -0.15) is 0 Å². The van der Waals surface area contributed by atoms with Crippen molar-refractivity contribution in [3.05, 3.63) is 80.2 Å². The molecule has 0 aliphatic carbocycles. The zero-order valence-corrected chi connectivity index (χ0v) is 15.4. The second-order valence-corrected chi connectivity index (χ2v) is 6.07. The Morgan fingerprint density at radius 3 is 2.41 bits per heavy atom. The SMILES string of the molecule is COc1ccc(C(=O)C(C)OC(=O)c2cc3cc([N+](=O)[O-])ccc3oc2=O)cc1. The molecule has 0 amide bonds. The number of nitro benzene ring substituents is 1. The number of hydrogen-bond acceptors (Lipinski definition) is 8. The summed E-state index contributed by atoms with van der Waals surface area (Å²) in [6.07, 6.45) is -1.17. The van der Waals surface area contributed by atoms with Crippen molar-refractivity contribution < 1.29 is 28.4 Å². The number of fused-ring (bicyclic) bond motifs is 1. The molecular formula is C20H15NO8. The average Bonchev–Trinajstić information content (AvgIpc) is 2.72. The maximum Gasteiger partial charge on any atom is 0.351 e. The third kappa shape index (κ3) is 4.13. The van der Waals surface area contributed by atoms with Crippen molar-refractivity contribution in [3.63, 3.8) is 0 Å². The Bertz CT molecular complexity index is 1160. The van der Waals surface area contributed by atoms with Crippen molar-refractivity contribution in [1.29, 1.82) is 0 Å². The van der Waals surface area contributed by atoms with Crippen LogP contribution >= 0.6 is 0 Å². The maximum absolute atomic E-state index is 12.4.